The molecule has 2 N–H and O–H groups in total. The van der Waals surface area contributed by atoms with Crippen molar-refractivity contribution in [3.05, 3.63) is 30.3 Å². The Morgan fingerprint density at radius 3 is 2.61 bits per heavy atom. The van der Waals surface area contributed by atoms with Crippen LogP contribution in [0.15, 0.2) is 35.3 Å². The van der Waals surface area contributed by atoms with Crippen LogP contribution in [0, 0.1) is 0 Å². The van der Waals surface area contributed by atoms with Crippen LogP contribution in [0.4, 0.5) is 0 Å². The minimum atomic E-state index is 0.618. The fourth-order valence-corrected chi connectivity index (χ4v) is 1.65. The molecule has 0 aromatic heterocycles. The van der Waals surface area contributed by atoms with Gasteiger partial charge in [-0.3, -0.25) is 4.99 Å². The molecular formula is C13H21N3OS. The molecule has 0 aliphatic carbocycles. The Kier molecular flexibility index (Phi) is 7.88. The molecule has 18 heavy (non-hydrogen) atoms. The van der Waals surface area contributed by atoms with Crippen LogP contribution in [-0.4, -0.2) is 44.7 Å². The molecule has 0 aliphatic heterocycles. The van der Waals surface area contributed by atoms with Crippen molar-refractivity contribution in [3.8, 4) is 5.75 Å². The summed E-state index contributed by atoms with van der Waals surface area (Å²) in [4.78, 5) is 4.13. The molecule has 0 saturated heterocycles. The van der Waals surface area contributed by atoms with E-state index in [1.165, 1.54) is 0 Å². The molecule has 0 atom stereocenters. The molecule has 0 amide bonds. The SMILES string of the molecule is CN=C(NCCOc1ccccc1)NCCSC. The Labute approximate surface area is 113 Å². The fraction of sp³-hybridized carbons (Fsp3) is 0.462. The van der Waals surface area contributed by atoms with Gasteiger partial charge in [-0.2, -0.15) is 11.8 Å². The van der Waals surface area contributed by atoms with E-state index >= 15 is 0 Å². The van der Waals surface area contributed by atoms with E-state index in [4.69, 9.17) is 4.74 Å². The predicted molar refractivity (Wildman–Crippen MR) is 79.7 cm³/mol. The summed E-state index contributed by atoms with van der Waals surface area (Å²) in [6.07, 6.45) is 2.09. The number of ether oxygens (including phenoxy) is 1. The van der Waals surface area contributed by atoms with Crippen LogP contribution in [0.1, 0.15) is 0 Å². The zero-order valence-corrected chi connectivity index (χ0v) is 11.8. The van der Waals surface area contributed by atoms with Crippen molar-refractivity contribution in [2.75, 3.05) is 38.8 Å². The van der Waals surface area contributed by atoms with Crippen LogP contribution in [0.25, 0.3) is 0 Å². The van der Waals surface area contributed by atoms with E-state index in [9.17, 15) is 0 Å². The molecule has 0 spiro atoms. The van der Waals surface area contributed by atoms with Gasteiger partial charge in [0.1, 0.15) is 12.4 Å². The lowest BCUT2D eigenvalue weighted by molar-refractivity contribution is 0.322. The standard InChI is InChI=1S/C13H21N3OS/c1-14-13(16-9-11-18-2)15-8-10-17-12-6-4-3-5-7-12/h3-7H,8-11H2,1-2H3,(H2,14,15,16). The second kappa shape index (κ2) is 9.65. The maximum absolute atomic E-state index is 5.58. The number of rotatable bonds is 7. The van der Waals surface area contributed by atoms with Gasteiger partial charge in [0, 0.05) is 19.3 Å². The maximum Gasteiger partial charge on any atom is 0.191 e. The summed E-state index contributed by atoms with van der Waals surface area (Å²) in [6, 6.07) is 9.80. The van der Waals surface area contributed by atoms with Crippen molar-refractivity contribution in [2.45, 2.75) is 0 Å². The van der Waals surface area contributed by atoms with Gasteiger partial charge >= 0.3 is 0 Å². The van der Waals surface area contributed by atoms with Crippen molar-refractivity contribution in [1.29, 1.82) is 0 Å². The van der Waals surface area contributed by atoms with E-state index in [1.54, 1.807) is 7.05 Å². The van der Waals surface area contributed by atoms with Gasteiger partial charge in [-0.25, -0.2) is 0 Å². The number of aliphatic imine (C=N–C) groups is 1. The van der Waals surface area contributed by atoms with Crippen molar-refractivity contribution < 1.29 is 4.74 Å². The number of hydrogen-bond acceptors (Lipinski definition) is 3. The molecule has 1 aromatic carbocycles. The van der Waals surface area contributed by atoms with E-state index < -0.39 is 0 Å². The van der Waals surface area contributed by atoms with Gasteiger partial charge in [0.25, 0.3) is 0 Å². The molecular weight excluding hydrogens is 246 g/mol. The van der Waals surface area contributed by atoms with E-state index in [2.05, 4.69) is 21.9 Å². The van der Waals surface area contributed by atoms with Crippen molar-refractivity contribution in [3.63, 3.8) is 0 Å². The summed E-state index contributed by atoms with van der Waals surface area (Å²) in [7, 11) is 1.77. The molecule has 0 saturated carbocycles. The van der Waals surface area contributed by atoms with E-state index in [1.807, 2.05) is 42.1 Å². The Balaban J connectivity index is 2.12. The third-order valence-electron chi connectivity index (χ3n) is 2.23. The second-order valence-electron chi connectivity index (χ2n) is 3.58. The largest absolute Gasteiger partial charge is 0.492 e. The van der Waals surface area contributed by atoms with Crippen molar-refractivity contribution >= 4 is 17.7 Å². The number of thioether (sulfide) groups is 1. The number of para-hydroxylation sites is 1. The minimum Gasteiger partial charge on any atom is -0.492 e. The van der Waals surface area contributed by atoms with Crippen LogP contribution in [0.5, 0.6) is 5.75 Å². The lowest BCUT2D eigenvalue weighted by atomic mass is 10.3. The van der Waals surface area contributed by atoms with Crippen molar-refractivity contribution in [2.24, 2.45) is 4.99 Å². The summed E-state index contributed by atoms with van der Waals surface area (Å²) in [5, 5.41) is 6.43. The van der Waals surface area contributed by atoms with Crippen LogP contribution >= 0.6 is 11.8 Å². The maximum atomic E-state index is 5.58. The predicted octanol–water partition coefficient (Wildman–Crippen LogP) is 1.59. The molecule has 0 fully saturated rings. The number of hydrogen-bond donors (Lipinski definition) is 2. The summed E-state index contributed by atoms with van der Waals surface area (Å²) in [5.74, 6) is 2.78. The zero-order valence-electron chi connectivity index (χ0n) is 11.0. The van der Waals surface area contributed by atoms with Gasteiger partial charge in [-0.15, -0.1) is 0 Å². The molecule has 5 heteroatoms. The summed E-state index contributed by atoms with van der Waals surface area (Å²) in [6.45, 7) is 2.27. The highest BCUT2D eigenvalue weighted by atomic mass is 32.2. The summed E-state index contributed by atoms with van der Waals surface area (Å²) >= 11 is 1.81. The average Bonchev–Trinajstić information content (AvgIpc) is 2.43. The van der Waals surface area contributed by atoms with Crippen LogP contribution in [0.3, 0.4) is 0 Å². The van der Waals surface area contributed by atoms with E-state index in [-0.39, 0.29) is 0 Å². The monoisotopic (exact) mass is 267 g/mol. The van der Waals surface area contributed by atoms with Gasteiger partial charge < -0.3 is 15.4 Å². The van der Waals surface area contributed by atoms with E-state index in [0.29, 0.717) is 6.61 Å². The normalized spacial score (nSPS) is 11.1. The Hall–Kier alpha value is -1.36. The van der Waals surface area contributed by atoms with Gasteiger partial charge in [0.05, 0.1) is 6.54 Å². The summed E-state index contributed by atoms with van der Waals surface area (Å²) in [5.41, 5.74) is 0. The number of guanidine groups is 1. The smallest absolute Gasteiger partial charge is 0.191 e. The molecule has 100 valence electrons. The first-order chi connectivity index (χ1) is 8.86. The molecule has 1 rings (SSSR count). The third-order valence-corrected chi connectivity index (χ3v) is 2.84. The first-order valence-corrected chi connectivity index (χ1v) is 7.37. The minimum absolute atomic E-state index is 0.618. The third kappa shape index (κ3) is 6.39. The zero-order chi connectivity index (χ0) is 13.1. The Morgan fingerprint density at radius 1 is 1.22 bits per heavy atom. The molecule has 0 heterocycles. The van der Waals surface area contributed by atoms with E-state index in [0.717, 1.165) is 30.6 Å². The molecule has 4 nitrogen and oxygen atoms in total. The lowest BCUT2D eigenvalue weighted by Crippen LogP contribution is -2.40. The molecule has 0 radical (unpaired) electrons. The number of benzene rings is 1. The number of nitrogens with zero attached hydrogens (tertiary/aromatic N) is 1. The molecule has 0 bridgehead atoms. The highest BCUT2D eigenvalue weighted by Crippen LogP contribution is 2.07. The second-order valence-corrected chi connectivity index (χ2v) is 4.57. The van der Waals surface area contributed by atoms with Crippen LogP contribution < -0.4 is 15.4 Å². The molecule has 0 aliphatic rings. The van der Waals surface area contributed by atoms with Gasteiger partial charge in [-0.1, -0.05) is 18.2 Å². The van der Waals surface area contributed by atoms with Gasteiger partial charge in [-0.05, 0) is 18.4 Å². The topological polar surface area (TPSA) is 45.7 Å². The molecule has 1 aromatic rings. The van der Waals surface area contributed by atoms with Crippen LogP contribution in [0.2, 0.25) is 0 Å². The fourth-order valence-electron chi connectivity index (χ4n) is 1.35. The highest BCUT2D eigenvalue weighted by molar-refractivity contribution is 7.98. The highest BCUT2D eigenvalue weighted by Gasteiger charge is 1.96. The first-order valence-electron chi connectivity index (χ1n) is 5.98. The average molecular weight is 267 g/mol. The Morgan fingerprint density at radius 2 is 1.94 bits per heavy atom. The van der Waals surface area contributed by atoms with Gasteiger partial charge in [0.15, 0.2) is 5.96 Å². The first kappa shape index (κ1) is 14.7. The van der Waals surface area contributed by atoms with Crippen LogP contribution in [-0.2, 0) is 0 Å². The lowest BCUT2D eigenvalue weighted by Gasteiger charge is -2.12. The Bertz CT molecular complexity index is 343. The number of nitrogens with one attached hydrogen (secondary N) is 2. The van der Waals surface area contributed by atoms with Gasteiger partial charge in [0.2, 0.25) is 0 Å². The quantitative estimate of drug-likeness (QED) is 0.447. The molecule has 0 unspecified atom stereocenters. The summed E-state index contributed by atoms with van der Waals surface area (Å²) < 4.78 is 5.58. The van der Waals surface area contributed by atoms with Crippen molar-refractivity contribution in [1.82, 2.24) is 10.6 Å².